The average molecular weight is 233 g/mol. The molecule has 2 aromatic rings. The van der Waals surface area contributed by atoms with Crippen LogP contribution in [-0.2, 0) is 6.42 Å². The summed E-state index contributed by atoms with van der Waals surface area (Å²) in [6.45, 7) is 3.89. The summed E-state index contributed by atoms with van der Waals surface area (Å²) < 4.78 is 18.4. The molecule has 0 aliphatic rings. The first kappa shape index (κ1) is 11.4. The molecule has 0 fully saturated rings. The zero-order chi connectivity index (χ0) is 12.3. The molecule has 2 aromatic heterocycles. The van der Waals surface area contributed by atoms with E-state index in [0.717, 1.165) is 30.2 Å². The third kappa shape index (κ3) is 2.75. The molecule has 0 aliphatic heterocycles. The zero-order valence-corrected chi connectivity index (χ0v) is 9.64. The van der Waals surface area contributed by atoms with E-state index in [0.29, 0.717) is 5.75 Å². The van der Waals surface area contributed by atoms with Crippen molar-refractivity contribution in [1.29, 1.82) is 0 Å². The van der Waals surface area contributed by atoms with Crippen molar-refractivity contribution in [3.63, 3.8) is 0 Å². The summed E-state index contributed by atoms with van der Waals surface area (Å²) in [6.07, 6.45) is 1.86. The number of pyridine rings is 1. The second-order valence-corrected chi connectivity index (χ2v) is 3.53. The molecule has 0 radical (unpaired) electrons. The van der Waals surface area contributed by atoms with E-state index in [-0.39, 0.29) is 5.88 Å². The van der Waals surface area contributed by atoms with Crippen molar-refractivity contribution in [2.24, 2.45) is 0 Å². The molecule has 0 spiro atoms. The lowest BCUT2D eigenvalue weighted by molar-refractivity contribution is 0.443. The van der Waals surface area contributed by atoms with Gasteiger partial charge in [0.1, 0.15) is 6.33 Å². The van der Waals surface area contributed by atoms with Gasteiger partial charge in [-0.15, -0.1) is 0 Å². The van der Waals surface area contributed by atoms with Crippen LogP contribution in [0.2, 0.25) is 0 Å². The highest BCUT2D eigenvalue weighted by molar-refractivity contribution is 5.32. The number of hydrogen-bond donors (Lipinski definition) is 0. The summed E-state index contributed by atoms with van der Waals surface area (Å²) in [5.41, 5.74) is 1.74. The van der Waals surface area contributed by atoms with E-state index in [2.05, 4.69) is 15.0 Å². The van der Waals surface area contributed by atoms with Crippen LogP contribution in [0.3, 0.4) is 0 Å². The van der Waals surface area contributed by atoms with Gasteiger partial charge >= 0.3 is 0 Å². The molecule has 0 atom stereocenters. The maximum Gasteiger partial charge on any atom is 0.225 e. The Labute approximate surface area is 98.5 Å². The quantitative estimate of drug-likeness (QED) is 0.765. The molecular weight excluding hydrogens is 221 g/mol. The van der Waals surface area contributed by atoms with Crippen LogP contribution in [0.15, 0.2) is 24.5 Å². The Bertz CT molecular complexity index is 531. The van der Waals surface area contributed by atoms with Crippen molar-refractivity contribution in [2.45, 2.75) is 20.3 Å². The van der Waals surface area contributed by atoms with Crippen LogP contribution in [0.25, 0.3) is 0 Å². The summed E-state index contributed by atoms with van der Waals surface area (Å²) in [5.74, 6) is 0.155. The number of nitrogens with zero attached hydrogens (tertiary/aromatic N) is 3. The van der Waals surface area contributed by atoms with Crippen molar-refractivity contribution in [1.82, 2.24) is 15.0 Å². The molecule has 0 saturated carbocycles. The number of ether oxygens (including phenoxy) is 1. The molecule has 17 heavy (non-hydrogen) atoms. The smallest absolute Gasteiger partial charge is 0.225 e. The third-order valence-electron chi connectivity index (χ3n) is 2.23. The molecule has 0 N–H and O–H groups in total. The van der Waals surface area contributed by atoms with Crippen LogP contribution in [0.4, 0.5) is 4.39 Å². The van der Waals surface area contributed by atoms with Gasteiger partial charge in [-0.05, 0) is 25.5 Å². The van der Waals surface area contributed by atoms with E-state index in [9.17, 15) is 4.39 Å². The fourth-order valence-corrected chi connectivity index (χ4v) is 1.43. The number of rotatable bonds is 3. The first-order valence-corrected chi connectivity index (χ1v) is 5.31. The minimum absolute atomic E-state index is 0.179. The Kier molecular flexibility index (Phi) is 3.27. The van der Waals surface area contributed by atoms with Gasteiger partial charge in [-0.2, -0.15) is 4.39 Å². The maximum absolute atomic E-state index is 12.9. The number of aryl methyl sites for hydroxylation is 2. The van der Waals surface area contributed by atoms with Gasteiger partial charge in [0, 0.05) is 5.69 Å². The SMILES string of the molecule is CCc1nc(C)ccc1Oc1cc(F)ncn1. The summed E-state index contributed by atoms with van der Waals surface area (Å²) >= 11 is 0. The molecule has 0 unspecified atom stereocenters. The van der Waals surface area contributed by atoms with Crippen LogP contribution in [0, 0.1) is 12.9 Å². The van der Waals surface area contributed by atoms with Crippen molar-refractivity contribution in [3.05, 3.63) is 41.9 Å². The monoisotopic (exact) mass is 233 g/mol. The number of aromatic nitrogens is 3. The highest BCUT2D eigenvalue weighted by Crippen LogP contribution is 2.23. The highest BCUT2D eigenvalue weighted by Gasteiger charge is 2.07. The van der Waals surface area contributed by atoms with E-state index >= 15 is 0 Å². The van der Waals surface area contributed by atoms with Crippen molar-refractivity contribution in [2.75, 3.05) is 0 Å². The maximum atomic E-state index is 12.9. The third-order valence-corrected chi connectivity index (χ3v) is 2.23. The first-order valence-electron chi connectivity index (χ1n) is 5.31. The molecular formula is C12H12FN3O. The zero-order valence-electron chi connectivity index (χ0n) is 9.64. The molecule has 0 saturated heterocycles. The van der Waals surface area contributed by atoms with Gasteiger partial charge in [-0.25, -0.2) is 9.97 Å². The number of halogens is 1. The molecule has 5 heteroatoms. The second-order valence-electron chi connectivity index (χ2n) is 3.53. The van der Waals surface area contributed by atoms with Gasteiger partial charge in [-0.1, -0.05) is 6.92 Å². The fraction of sp³-hybridized carbons (Fsp3) is 0.250. The molecule has 0 amide bonds. The van der Waals surface area contributed by atoms with E-state index in [1.807, 2.05) is 19.9 Å². The predicted octanol–water partition coefficient (Wildman–Crippen LogP) is 2.67. The summed E-state index contributed by atoms with van der Waals surface area (Å²) in [6, 6.07) is 4.78. The summed E-state index contributed by atoms with van der Waals surface area (Å²) in [4.78, 5) is 11.5. The van der Waals surface area contributed by atoms with Gasteiger partial charge in [0.15, 0.2) is 5.75 Å². The van der Waals surface area contributed by atoms with Gasteiger partial charge in [0.2, 0.25) is 11.8 Å². The summed E-state index contributed by atoms with van der Waals surface area (Å²) in [5, 5.41) is 0. The standard InChI is InChI=1S/C12H12FN3O/c1-3-9-10(5-4-8(2)16-9)17-12-6-11(13)14-7-15-12/h4-7H,3H2,1-2H3. The van der Waals surface area contributed by atoms with Gasteiger partial charge < -0.3 is 4.74 Å². The lowest BCUT2D eigenvalue weighted by Gasteiger charge is -2.08. The van der Waals surface area contributed by atoms with Crippen LogP contribution >= 0.6 is 0 Å². The minimum atomic E-state index is -0.617. The summed E-state index contributed by atoms with van der Waals surface area (Å²) in [7, 11) is 0. The lowest BCUT2D eigenvalue weighted by atomic mass is 10.2. The minimum Gasteiger partial charge on any atom is -0.437 e. The molecule has 0 aliphatic carbocycles. The van der Waals surface area contributed by atoms with Crippen molar-refractivity contribution < 1.29 is 9.13 Å². The Morgan fingerprint density at radius 1 is 1.29 bits per heavy atom. The predicted molar refractivity (Wildman–Crippen MR) is 60.4 cm³/mol. The van der Waals surface area contributed by atoms with Crippen LogP contribution < -0.4 is 4.74 Å². The molecule has 2 heterocycles. The molecule has 0 bridgehead atoms. The van der Waals surface area contributed by atoms with Gasteiger partial charge in [0.25, 0.3) is 0 Å². The largest absolute Gasteiger partial charge is 0.437 e. The fourth-order valence-electron chi connectivity index (χ4n) is 1.43. The van der Waals surface area contributed by atoms with Crippen LogP contribution in [0.5, 0.6) is 11.6 Å². The average Bonchev–Trinajstić information content (AvgIpc) is 2.31. The molecule has 0 aromatic carbocycles. The highest BCUT2D eigenvalue weighted by atomic mass is 19.1. The first-order chi connectivity index (χ1) is 8.19. The van der Waals surface area contributed by atoms with E-state index < -0.39 is 5.95 Å². The van der Waals surface area contributed by atoms with E-state index in [4.69, 9.17) is 4.74 Å². The van der Waals surface area contributed by atoms with Crippen molar-refractivity contribution >= 4 is 0 Å². The van der Waals surface area contributed by atoms with E-state index in [1.165, 1.54) is 0 Å². The normalized spacial score (nSPS) is 10.3. The topological polar surface area (TPSA) is 47.9 Å². The van der Waals surface area contributed by atoms with Crippen LogP contribution in [-0.4, -0.2) is 15.0 Å². The van der Waals surface area contributed by atoms with Gasteiger partial charge in [-0.3, -0.25) is 4.98 Å². The van der Waals surface area contributed by atoms with E-state index in [1.54, 1.807) is 6.07 Å². The molecule has 4 nitrogen and oxygen atoms in total. The Morgan fingerprint density at radius 3 is 2.82 bits per heavy atom. The molecule has 88 valence electrons. The Balaban J connectivity index is 2.29. The second kappa shape index (κ2) is 4.86. The molecule has 2 rings (SSSR count). The number of hydrogen-bond acceptors (Lipinski definition) is 4. The lowest BCUT2D eigenvalue weighted by Crippen LogP contribution is -1.97. The van der Waals surface area contributed by atoms with Crippen LogP contribution in [0.1, 0.15) is 18.3 Å². The Morgan fingerprint density at radius 2 is 2.12 bits per heavy atom. The van der Waals surface area contributed by atoms with Crippen molar-refractivity contribution in [3.8, 4) is 11.6 Å². The van der Waals surface area contributed by atoms with Gasteiger partial charge in [0.05, 0.1) is 11.8 Å². The Hall–Kier alpha value is -2.04.